The van der Waals surface area contributed by atoms with Gasteiger partial charge in [0.25, 0.3) is 0 Å². The molecular weight excluding hydrogens is 276 g/mol. The molecule has 3 rings (SSSR count). The highest BCUT2D eigenvalue weighted by Gasteiger charge is 2.39. The largest absolute Gasteiger partial charge is 0.445 e. The summed E-state index contributed by atoms with van der Waals surface area (Å²) in [6.07, 6.45) is 8.32. The zero-order valence-electron chi connectivity index (χ0n) is 14.0. The number of aromatic nitrogens is 1. The van der Waals surface area contributed by atoms with Crippen molar-refractivity contribution in [2.45, 2.75) is 64.7 Å². The van der Waals surface area contributed by atoms with E-state index in [-0.39, 0.29) is 11.3 Å². The molecule has 1 amide bonds. The molecule has 0 radical (unpaired) electrons. The number of oxazole rings is 1. The van der Waals surface area contributed by atoms with E-state index in [9.17, 15) is 4.79 Å². The first-order valence-corrected chi connectivity index (χ1v) is 8.63. The van der Waals surface area contributed by atoms with Crippen molar-refractivity contribution in [2.24, 2.45) is 17.8 Å². The third-order valence-electron chi connectivity index (χ3n) is 5.30. The summed E-state index contributed by atoms with van der Waals surface area (Å²) in [7, 11) is 0. The lowest BCUT2D eigenvalue weighted by Gasteiger charge is -2.21. The van der Waals surface area contributed by atoms with E-state index in [2.05, 4.69) is 31.1 Å². The van der Waals surface area contributed by atoms with Gasteiger partial charge in [-0.3, -0.25) is 4.79 Å². The zero-order valence-corrected chi connectivity index (χ0v) is 14.0. The van der Waals surface area contributed by atoms with Gasteiger partial charge >= 0.3 is 0 Å². The summed E-state index contributed by atoms with van der Waals surface area (Å²) in [5.41, 5.74) is -0.0324. The van der Waals surface area contributed by atoms with Crippen LogP contribution in [0.15, 0.2) is 10.6 Å². The number of rotatable bonds is 5. The van der Waals surface area contributed by atoms with Gasteiger partial charge in [-0.25, -0.2) is 4.98 Å². The first-order chi connectivity index (χ1) is 10.4. The van der Waals surface area contributed by atoms with Crippen LogP contribution in [0.2, 0.25) is 0 Å². The summed E-state index contributed by atoms with van der Waals surface area (Å²) in [5.74, 6) is 4.20. The van der Waals surface area contributed by atoms with E-state index in [1.165, 1.54) is 25.7 Å². The van der Waals surface area contributed by atoms with Crippen molar-refractivity contribution in [2.75, 3.05) is 6.54 Å². The van der Waals surface area contributed by atoms with Gasteiger partial charge in [0.05, 0.1) is 6.20 Å². The van der Waals surface area contributed by atoms with Gasteiger partial charge in [0.1, 0.15) is 5.76 Å². The molecule has 1 heterocycles. The standard InChI is InChI=1S/C18H28N2O2/c1-18(2,3)15-11-20-17(22-15)7-6-16(21)19-10-14-9-12-4-5-13(14)8-12/h11-14H,4-10H2,1-3H3,(H,19,21). The van der Waals surface area contributed by atoms with Crippen LogP contribution in [-0.2, 0) is 16.6 Å². The van der Waals surface area contributed by atoms with Gasteiger partial charge in [0, 0.05) is 24.8 Å². The molecule has 2 aliphatic carbocycles. The third-order valence-corrected chi connectivity index (χ3v) is 5.30. The van der Waals surface area contributed by atoms with E-state index in [0.717, 1.165) is 30.1 Å². The number of amides is 1. The van der Waals surface area contributed by atoms with E-state index in [1.54, 1.807) is 6.20 Å². The number of nitrogens with zero attached hydrogens (tertiary/aromatic N) is 1. The smallest absolute Gasteiger partial charge is 0.220 e. The lowest BCUT2D eigenvalue weighted by atomic mass is 9.89. The molecule has 2 aliphatic rings. The van der Waals surface area contributed by atoms with Crippen LogP contribution in [0.25, 0.3) is 0 Å². The molecule has 0 aromatic carbocycles. The number of carbonyl (C=O) groups excluding carboxylic acids is 1. The molecule has 4 heteroatoms. The minimum Gasteiger partial charge on any atom is -0.445 e. The van der Waals surface area contributed by atoms with Gasteiger partial charge in [0.15, 0.2) is 5.89 Å². The van der Waals surface area contributed by atoms with E-state index >= 15 is 0 Å². The molecule has 3 atom stereocenters. The monoisotopic (exact) mass is 304 g/mol. The first kappa shape index (κ1) is 15.6. The summed E-state index contributed by atoms with van der Waals surface area (Å²) in [6, 6.07) is 0. The van der Waals surface area contributed by atoms with E-state index in [0.29, 0.717) is 18.7 Å². The lowest BCUT2D eigenvalue weighted by molar-refractivity contribution is -0.121. The summed E-state index contributed by atoms with van der Waals surface area (Å²) in [6.45, 7) is 7.15. The Morgan fingerprint density at radius 2 is 2.18 bits per heavy atom. The van der Waals surface area contributed by atoms with Crippen LogP contribution in [0.5, 0.6) is 0 Å². The molecule has 1 N–H and O–H groups in total. The molecule has 2 bridgehead atoms. The molecule has 4 nitrogen and oxygen atoms in total. The summed E-state index contributed by atoms with van der Waals surface area (Å²) >= 11 is 0. The van der Waals surface area contributed by atoms with Crippen molar-refractivity contribution in [1.82, 2.24) is 10.3 Å². The Bertz CT molecular complexity index is 529. The molecule has 3 unspecified atom stereocenters. The Morgan fingerprint density at radius 3 is 2.77 bits per heavy atom. The Hall–Kier alpha value is -1.32. The number of hydrogen-bond acceptors (Lipinski definition) is 3. The molecule has 1 aromatic heterocycles. The van der Waals surface area contributed by atoms with Crippen molar-refractivity contribution >= 4 is 5.91 Å². The Kier molecular flexibility index (Phi) is 4.28. The van der Waals surface area contributed by atoms with Crippen LogP contribution in [0.3, 0.4) is 0 Å². The molecule has 0 saturated heterocycles. The normalized spacial score (nSPS) is 27.3. The predicted molar refractivity (Wildman–Crippen MR) is 85.5 cm³/mol. The fourth-order valence-corrected chi connectivity index (χ4v) is 3.95. The molecule has 2 saturated carbocycles. The second-order valence-electron chi connectivity index (χ2n) is 8.11. The first-order valence-electron chi connectivity index (χ1n) is 8.63. The van der Waals surface area contributed by atoms with Crippen LogP contribution in [0.1, 0.15) is 64.5 Å². The quantitative estimate of drug-likeness (QED) is 0.906. The van der Waals surface area contributed by atoms with Crippen LogP contribution in [0, 0.1) is 17.8 Å². The molecule has 122 valence electrons. The van der Waals surface area contributed by atoms with Crippen molar-refractivity contribution < 1.29 is 9.21 Å². The van der Waals surface area contributed by atoms with Crippen LogP contribution < -0.4 is 5.32 Å². The highest BCUT2D eigenvalue weighted by Crippen LogP contribution is 2.47. The van der Waals surface area contributed by atoms with Crippen LogP contribution in [0.4, 0.5) is 0 Å². The van der Waals surface area contributed by atoms with Crippen LogP contribution in [-0.4, -0.2) is 17.4 Å². The van der Waals surface area contributed by atoms with Gasteiger partial charge in [-0.2, -0.15) is 0 Å². The number of aryl methyl sites for hydroxylation is 1. The van der Waals surface area contributed by atoms with Crippen molar-refractivity contribution in [1.29, 1.82) is 0 Å². The Balaban J connectivity index is 1.40. The zero-order chi connectivity index (χ0) is 15.7. The maximum Gasteiger partial charge on any atom is 0.220 e. The number of carbonyl (C=O) groups is 1. The molecule has 0 aliphatic heterocycles. The fourth-order valence-electron chi connectivity index (χ4n) is 3.95. The second kappa shape index (κ2) is 6.05. The summed E-state index contributed by atoms with van der Waals surface area (Å²) < 4.78 is 5.73. The maximum atomic E-state index is 12.0. The number of nitrogens with one attached hydrogen (secondary N) is 1. The molecular formula is C18H28N2O2. The van der Waals surface area contributed by atoms with E-state index in [4.69, 9.17) is 4.42 Å². The fraction of sp³-hybridized carbons (Fsp3) is 0.778. The number of fused-ring (bicyclic) bond motifs is 2. The topological polar surface area (TPSA) is 55.1 Å². The second-order valence-corrected chi connectivity index (χ2v) is 8.11. The Labute approximate surface area is 133 Å². The van der Waals surface area contributed by atoms with Gasteiger partial charge in [-0.15, -0.1) is 0 Å². The molecule has 0 spiro atoms. The predicted octanol–water partition coefficient (Wildman–Crippen LogP) is 3.46. The highest BCUT2D eigenvalue weighted by molar-refractivity contribution is 5.76. The van der Waals surface area contributed by atoms with E-state index < -0.39 is 0 Å². The lowest BCUT2D eigenvalue weighted by Crippen LogP contribution is -2.31. The van der Waals surface area contributed by atoms with Gasteiger partial charge in [0.2, 0.25) is 5.91 Å². The summed E-state index contributed by atoms with van der Waals surface area (Å²) in [5, 5.41) is 3.11. The highest BCUT2D eigenvalue weighted by atomic mass is 16.4. The molecule has 2 fully saturated rings. The average molecular weight is 304 g/mol. The maximum absolute atomic E-state index is 12.0. The van der Waals surface area contributed by atoms with E-state index in [1.807, 2.05) is 0 Å². The molecule has 22 heavy (non-hydrogen) atoms. The third kappa shape index (κ3) is 3.53. The van der Waals surface area contributed by atoms with Gasteiger partial charge in [-0.1, -0.05) is 27.2 Å². The van der Waals surface area contributed by atoms with Crippen LogP contribution >= 0.6 is 0 Å². The Morgan fingerprint density at radius 1 is 1.36 bits per heavy atom. The SMILES string of the molecule is CC(C)(C)c1cnc(CCC(=O)NCC2CC3CCC2C3)o1. The summed E-state index contributed by atoms with van der Waals surface area (Å²) in [4.78, 5) is 16.3. The van der Waals surface area contributed by atoms with Crippen molar-refractivity contribution in [3.8, 4) is 0 Å². The average Bonchev–Trinajstić information content (AvgIpc) is 3.17. The number of hydrogen-bond donors (Lipinski definition) is 1. The van der Waals surface area contributed by atoms with Gasteiger partial charge < -0.3 is 9.73 Å². The minimum atomic E-state index is -0.0324. The minimum absolute atomic E-state index is 0.0324. The molecule has 1 aromatic rings. The van der Waals surface area contributed by atoms with Gasteiger partial charge in [-0.05, 0) is 37.0 Å². The van der Waals surface area contributed by atoms with Crippen molar-refractivity contribution in [3.05, 3.63) is 17.8 Å². The van der Waals surface area contributed by atoms with Crippen molar-refractivity contribution in [3.63, 3.8) is 0 Å².